The summed E-state index contributed by atoms with van der Waals surface area (Å²) in [6, 6.07) is 6.80. The monoisotopic (exact) mass is 424 g/mol. The molecule has 9 heteroatoms. The molecule has 7 nitrogen and oxygen atoms in total. The van der Waals surface area contributed by atoms with Crippen LogP contribution in [0.1, 0.15) is 12.8 Å². The largest absolute Gasteiger partial charge is 0.465 e. The number of benzene rings is 1. The standard InChI is InChI=1S/C16H17BrN4O3S/c17-11-5-3-10(4-6-11)14-19-13(9-25-14)21(15(18)22)12-2-1-7-20(8-12)16(23)24/h3-6,9,12H,1-2,7-8H2,(H2,18,22)(H,23,24)/t12-/m0/s1. The average molecular weight is 425 g/mol. The highest BCUT2D eigenvalue weighted by atomic mass is 79.9. The summed E-state index contributed by atoms with van der Waals surface area (Å²) < 4.78 is 0.975. The molecule has 3 amide bonds. The molecule has 1 saturated heterocycles. The first-order valence-corrected chi connectivity index (χ1v) is 9.41. The molecule has 1 aromatic carbocycles. The molecule has 0 saturated carbocycles. The molecule has 2 aromatic rings. The van der Waals surface area contributed by atoms with E-state index < -0.39 is 12.1 Å². The number of hydrogen-bond acceptors (Lipinski definition) is 4. The lowest BCUT2D eigenvalue weighted by atomic mass is 10.0. The van der Waals surface area contributed by atoms with Crippen molar-refractivity contribution in [1.82, 2.24) is 9.88 Å². The van der Waals surface area contributed by atoms with Crippen molar-refractivity contribution >= 4 is 45.2 Å². The van der Waals surface area contributed by atoms with Gasteiger partial charge >= 0.3 is 12.1 Å². The lowest BCUT2D eigenvalue weighted by Crippen LogP contribution is -2.53. The van der Waals surface area contributed by atoms with E-state index in [2.05, 4.69) is 20.9 Å². The number of hydrogen-bond donors (Lipinski definition) is 2. The number of aromatic nitrogens is 1. The van der Waals surface area contributed by atoms with Crippen molar-refractivity contribution < 1.29 is 14.7 Å². The Balaban J connectivity index is 1.85. The molecule has 0 aliphatic carbocycles. The molecule has 0 bridgehead atoms. The van der Waals surface area contributed by atoms with Crippen LogP contribution in [-0.2, 0) is 0 Å². The van der Waals surface area contributed by atoms with E-state index in [0.717, 1.165) is 15.0 Å². The van der Waals surface area contributed by atoms with E-state index >= 15 is 0 Å². The van der Waals surface area contributed by atoms with Gasteiger partial charge in [-0.1, -0.05) is 28.1 Å². The highest BCUT2D eigenvalue weighted by molar-refractivity contribution is 9.10. The van der Waals surface area contributed by atoms with Crippen molar-refractivity contribution in [2.45, 2.75) is 18.9 Å². The van der Waals surface area contributed by atoms with E-state index in [0.29, 0.717) is 25.2 Å². The number of primary amides is 1. The van der Waals surface area contributed by atoms with Gasteiger partial charge in [0.05, 0.1) is 6.04 Å². The summed E-state index contributed by atoms with van der Waals surface area (Å²) in [6.07, 6.45) is 0.394. The zero-order chi connectivity index (χ0) is 18.0. The molecule has 25 heavy (non-hydrogen) atoms. The minimum absolute atomic E-state index is 0.240. The Labute approximate surface area is 157 Å². The first-order chi connectivity index (χ1) is 12.0. The predicted molar refractivity (Wildman–Crippen MR) is 99.9 cm³/mol. The van der Waals surface area contributed by atoms with Crippen molar-refractivity contribution in [3.8, 4) is 10.6 Å². The number of carbonyl (C=O) groups is 2. The predicted octanol–water partition coefficient (Wildman–Crippen LogP) is 3.60. The van der Waals surface area contributed by atoms with Gasteiger partial charge in [-0.25, -0.2) is 14.6 Å². The number of urea groups is 1. The molecule has 132 valence electrons. The lowest BCUT2D eigenvalue weighted by molar-refractivity contribution is 0.130. The van der Waals surface area contributed by atoms with Crippen LogP contribution >= 0.6 is 27.3 Å². The number of carboxylic acid groups (broad SMARTS) is 1. The van der Waals surface area contributed by atoms with E-state index in [4.69, 9.17) is 5.73 Å². The van der Waals surface area contributed by atoms with Crippen molar-refractivity contribution in [2.24, 2.45) is 5.73 Å². The van der Waals surface area contributed by atoms with Gasteiger partial charge in [0.15, 0.2) is 0 Å². The van der Waals surface area contributed by atoms with Crippen LogP contribution < -0.4 is 10.6 Å². The van der Waals surface area contributed by atoms with Gasteiger partial charge < -0.3 is 15.7 Å². The Bertz CT molecular complexity index is 780. The number of nitrogens with two attached hydrogens (primary N) is 1. The molecule has 0 spiro atoms. The lowest BCUT2D eigenvalue weighted by Gasteiger charge is -2.36. The molecule has 3 rings (SSSR count). The van der Waals surface area contributed by atoms with Gasteiger partial charge in [0.2, 0.25) is 0 Å². The fourth-order valence-corrected chi connectivity index (χ4v) is 3.99. The molecule has 0 unspecified atom stereocenters. The number of amides is 3. The summed E-state index contributed by atoms with van der Waals surface area (Å²) >= 11 is 4.82. The maximum absolute atomic E-state index is 12.0. The molecular weight excluding hydrogens is 408 g/mol. The van der Waals surface area contributed by atoms with Crippen LogP contribution in [-0.4, -0.2) is 46.2 Å². The number of halogens is 1. The zero-order valence-corrected chi connectivity index (χ0v) is 15.7. The van der Waals surface area contributed by atoms with E-state index in [1.807, 2.05) is 24.3 Å². The fraction of sp³-hybridized carbons (Fsp3) is 0.312. The van der Waals surface area contributed by atoms with Crippen LogP contribution in [0, 0.1) is 0 Å². The third-order valence-corrected chi connectivity index (χ3v) is 5.51. The first-order valence-electron chi connectivity index (χ1n) is 7.73. The fourth-order valence-electron chi connectivity index (χ4n) is 2.92. The molecule has 3 N–H and O–H groups in total. The summed E-state index contributed by atoms with van der Waals surface area (Å²) in [4.78, 5) is 30.5. The summed E-state index contributed by atoms with van der Waals surface area (Å²) in [6.45, 7) is 0.711. The van der Waals surface area contributed by atoms with E-state index in [-0.39, 0.29) is 12.6 Å². The van der Waals surface area contributed by atoms with Crippen LogP contribution in [0.5, 0.6) is 0 Å². The Morgan fingerprint density at radius 2 is 2.08 bits per heavy atom. The van der Waals surface area contributed by atoms with E-state index in [1.54, 1.807) is 5.38 Å². The van der Waals surface area contributed by atoms with Gasteiger partial charge in [0.25, 0.3) is 0 Å². The van der Waals surface area contributed by atoms with Crippen LogP contribution in [0.25, 0.3) is 10.6 Å². The van der Waals surface area contributed by atoms with Gasteiger partial charge in [0, 0.05) is 28.5 Å². The Morgan fingerprint density at radius 3 is 2.72 bits per heavy atom. The molecular formula is C16H17BrN4O3S. The van der Waals surface area contributed by atoms with Crippen LogP contribution in [0.3, 0.4) is 0 Å². The third-order valence-electron chi connectivity index (χ3n) is 4.10. The topological polar surface area (TPSA) is 99.8 Å². The smallest absolute Gasteiger partial charge is 0.407 e. The Kier molecular flexibility index (Phi) is 5.24. The zero-order valence-electron chi connectivity index (χ0n) is 13.3. The van der Waals surface area contributed by atoms with Gasteiger partial charge in [0.1, 0.15) is 10.8 Å². The highest BCUT2D eigenvalue weighted by Gasteiger charge is 2.31. The first kappa shape index (κ1) is 17.7. The van der Waals surface area contributed by atoms with E-state index in [1.165, 1.54) is 21.1 Å². The number of carbonyl (C=O) groups excluding carboxylic acids is 1. The normalized spacial score (nSPS) is 17.3. The summed E-state index contributed by atoms with van der Waals surface area (Å²) in [7, 11) is 0. The van der Waals surface area contributed by atoms with Crippen LogP contribution in [0.2, 0.25) is 0 Å². The number of nitrogens with zero attached hydrogens (tertiary/aromatic N) is 3. The van der Waals surface area contributed by atoms with Gasteiger partial charge in [-0.05, 0) is 25.0 Å². The second-order valence-corrected chi connectivity index (χ2v) is 7.52. The quantitative estimate of drug-likeness (QED) is 0.785. The second kappa shape index (κ2) is 7.40. The van der Waals surface area contributed by atoms with Crippen LogP contribution in [0.15, 0.2) is 34.1 Å². The number of likely N-dealkylation sites (tertiary alicyclic amines) is 1. The number of rotatable bonds is 3. The van der Waals surface area contributed by atoms with Gasteiger partial charge in [-0.15, -0.1) is 11.3 Å². The van der Waals surface area contributed by atoms with Crippen molar-refractivity contribution in [2.75, 3.05) is 18.0 Å². The highest BCUT2D eigenvalue weighted by Crippen LogP contribution is 2.30. The second-order valence-electron chi connectivity index (χ2n) is 5.75. The summed E-state index contributed by atoms with van der Waals surface area (Å²) in [5.41, 5.74) is 6.51. The maximum atomic E-state index is 12.0. The molecule has 1 aromatic heterocycles. The van der Waals surface area contributed by atoms with Crippen molar-refractivity contribution in [1.29, 1.82) is 0 Å². The van der Waals surface area contributed by atoms with E-state index in [9.17, 15) is 14.7 Å². The Morgan fingerprint density at radius 1 is 1.36 bits per heavy atom. The van der Waals surface area contributed by atoms with Gasteiger partial charge in [-0.3, -0.25) is 4.90 Å². The van der Waals surface area contributed by atoms with Crippen molar-refractivity contribution in [3.05, 3.63) is 34.1 Å². The summed E-state index contributed by atoms with van der Waals surface area (Å²) in [5.74, 6) is 0.465. The number of thiazole rings is 1. The van der Waals surface area contributed by atoms with Gasteiger partial charge in [-0.2, -0.15) is 0 Å². The SMILES string of the molecule is NC(=O)N(c1csc(-c2ccc(Br)cc2)n1)[C@H]1CCCN(C(=O)O)C1. The third kappa shape index (κ3) is 3.93. The number of piperidine rings is 1. The molecule has 1 atom stereocenters. The summed E-state index contributed by atoms with van der Waals surface area (Å²) in [5, 5.41) is 11.8. The molecule has 1 aliphatic heterocycles. The molecule has 1 aliphatic rings. The average Bonchev–Trinajstić information content (AvgIpc) is 3.05. The Hall–Kier alpha value is -2.13. The molecule has 2 heterocycles. The maximum Gasteiger partial charge on any atom is 0.407 e. The van der Waals surface area contributed by atoms with Crippen molar-refractivity contribution in [3.63, 3.8) is 0 Å². The number of anilines is 1. The minimum Gasteiger partial charge on any atom is -0.465 e. The molecule has 0 radical (unpaired) electrons. The molecule has 1 fully saturated rings. The minimum atomic E-state index is -0.983. The van der Waals surface area contributed by atoms with Crippen LogP contribution in [0.4, 0.5) is 15.4 Å².